The van der Waals surface area contributed by atoms with Gasteiger partial charge in [0, 0.05) is 25.8 Å². The van der Waals surface area contributed by atoms with Gasteiger partial charge in [0.05, 0.1) is 11.0 Å². The van der Waals surface area contributed by atoms with E-state index in [0.717, 1.165) is 24.2 Å². The van der Waals surface area contributed by atoms with Gasteiger partial charge in [0.1, 0.15) is 0 Å². The van der Waals surface area contributed by atoms with E-state index in [1.54, 1.807) is 19.1 Å². The lowest BCUT2D eigenvalue weighted by Crippen LogP contribution is -2.33. The maximum Gasteiger partial charge on any atom is 0.242 e. The van der Waals surface area contributed by atoms with E-state index in [9.17, 15) is 13.5 Å². The first-order chi connectivity index (χ1) is 8.41. The summed E-state index contributed by atoms with van der Waals surface area (Å²) in [5.41, 5.74) is 2.04. The minimum atomic E-state index is -3.52. The number of fused-ring (bicyclic) bond motifs is 1. The summed E-state index contributed by atoms with van der Waals surface area (Å²) in [6, 6.07) is 5.13. The molecule has 0 amide bonds. The Labute approximate surface area is 107 Å². The summed E-state index contributed by atoms with van der Waals surface area (Å²) in [5.74, 6) is 0. The third kappa shape index (κ3) is 2.50. The van der Waals surface area contributed by atoms with Crippen LogP contribution in [-0.4, -0.2) is 44.1 Å². The van der Waals surface area contributed by atoms with Crippen molar-refractivity contribution in [1.82, 2.24) is 4.31 Å². The van der Waals surface area contributed by atoms with Crippen LogP contribution in [0.5, 0.6) is 0 Å². The van der Waals surface area contributed by atoms with Gasteiger partial charge in [-0.1, -0.05) is 6.07 Å². The summed E-state index contributed by atoms with van der Waals surface area (Å²) >= 11 is 0. The fourth-order valence-corrected chi connectivity index (χ4v) is 3.36. The molecule has 0 aromatic heterocycles. The maximum absolute atomic E-state index is 12.3. The number of aliphatic hydroxyl groups excluding tert-OH is 1. The number of aliphatic hydroxyl groups is 1. The molecule has 1 aliphatic heterocycles. The number of likely N-dealkylation sites (N-methyl/N-ethyl adjacent to an activating group) is 1. The molecule has 18 heavy (non-hydrogen) atoms. The van der Waals surface area contributed by atoms with Gasteiger partial charge in [-0.2, -0.15) is 4.31 Å². The Kier molecular flexibility index (Phi) is 3.61. The molecule has 0 bridgehead atoms. The minimum Gasteiger partial charge on any atom is -0.392 e. The number of hydrogen-bond acceptors (Lipinski definition) is 4. The normalized spacial score (nSPS) is 16.4. The largest absolute Gasteiger partial charge is 0.392 e. The predicted molar refractivity (Wildman–Crippen MR) is 70.1 cm³/mol. The molecule has 1 heterocycles. The highest BCUT2D eigenvalue weighted by Crippen LogP contribution is 2.26. The molecule has 100 valence electrons. The van der Waals surface area contributed by atoms with Crippen molar-refractivity contribution in [3.63, 3.8) is 0 Å². The van der Waals surface area contributed by atoms with E-state index >= 15 is 0 Å². The van der Waals surface area contributed by atoms with Crippen LogP contribution < -0.4 is 5.32 Å². The number of rotatable bonds is 4. The van der Waals surface area contributed by atoms with Crippen molar-refractivity contribution in [3.05, 3.63) is 23.8 Å². The number of nitrogens with one attached hydrogen (secondary N) is 1. The Hall–Kier alpha value is -1.11. The van der Waals surface area contributed by atoms with Gasteiger partial charge in [0.2, 0.25) is 10.0 Å². The second-order valence-electron chi connectivity index (χ2n) is 4.63. The van der Waals surface area contributed by atoms with Crippen LogP contribution in [0.4, 0.5) is 5.69 Å². The first-order valence-electron chi connectivity index (χ1n) is 5.92. The molecule has 1 aliphatic rings. The Morgan fingerprint density at radius 3 is 2.89 bits per heavy atom. The van der Waals surface area contributed by atoms with Gasteiger partial charge in [-0.05, 0) is 31.0 Å². The van der Waals surface area contributed by atoms with E-state index in [-0.39, 0.29) is 11.4 Å². The highest BCUT2D eigenvalue weighted by Gasteiger charge is 2.23. The molecule has 0 saturated carbocycles. The van der Waals surface area contributed by atoms with Crippen molar-refractivity contribution in [2.45, 2.75) is 24.3 Å². The first kappa shape index (κ1) is 13.3. The second kappa shape index (κ2) is 4.87. The van der Waals surface area contributed by atoms with Crippen molar-refractivity contribution in [1.29, 1.82) is 0 Å². The molecule has 1 atom stereocenters. The summed E-state index contributed by atoms with van der Waals surface area (Å²) in [6.07, 6.45) is 0.247. The summed E-state index contributed by atoms with van der Waals surface area (Å²) in [4.78, 5) is 0.263. The highest BCUT2D eigenvalue weighted by molar-refractivity contribution is 7.89. The SMILES string of the molecule is CC(O)CN(C)S(=O)(=O)c1ccc2c(c1)NCC2. The molecule has 6 heteroatoms. The van der Waals surface area contributed by atoms with Crippen LogP contribution in [0.25, 0.3) is 0 Å². The van der Waals surface area contributed by atoms with Crippen molar-refractivity contribution < 1.29 is 13.5 Å². The van der Waals surface area contributed by atoms with E-state index in [4.69, 9.17) is 0 Å². The van der Waals surface area contributed by atoms with Gasteiger partial charge in [-0.15, -0.1) is 0 Å². The predicted octanol–water partition coefficient (Wildman–Crippen LogP) is 0.656. The van der Waals surface area contributed by atoms with E-state index in [0.29, 0.717) is 0 Å². The third-order valence-corrected chi connectivity index (χ3v) is 4.84. The smallest absolute Gasteiger partial charge is 0.242 e. The van der Waals surface area contributed by atoms with Gasteiger partial charge >= 0.3 is 0 Å². The average Bonchev–Trinajstić information content (AvgIpc) is 2.74. The fourth-order valence-electron chi connectivity index (χ4n) is 2.08. The Morgan fingerprint density at radius 1 is 1.50 bits per heavy atom. The lowest BCUT2D eigenvalue weighted by Gasteiger charge is -2.19. The van der Waals surface area contributed by atoms with Crippen LogP contribution in [0.15, 0.2) is 23.1 Å². The van der Waals surface area contributed by atoms with Crippen molar-refractivity contribution in [2.75, 3.05) is 25.5 Å². The third-order valence-electron chi connectivity index (χ3n) is 3.02. The van der Waals surface area contributed by atoms with Crippen molar-refractivity contribution in [3.8, 4) is 0 Å². The lowest BCUT2D eigenvalue weighted by atomic mass is 10.2. The van der Waals surface area contributed by atoms with E-state index in [1.807, 2.05) is 6.07 Å². The van der Waals surface area contributed by atoms with Crippen LogP contribution in [-0.2, 0) is 16.4 Å². The van der Waals surface area contributed by atoms with Crippen LogP contribution in [0.3, 0.4) is 0 Å². The zero-order valence-electron chi connectivity index (χ0n) is 10.5. The lowest BCUT2D eigenvalue weighted by molar-refractivity contribution is 0.171. The number of benzene rings is 1. The van der Waals surface area contributed by atoms with Crippen LogP contribution in [0.2, 0.25) is 0 Å². The molecule has 0 saturated heterocycles. The van der Waals surface area contributed by atoms with Gasteiger partial charge in [0.25, 0.3) is 0 Å². The van der Waals surface area contributed by atoms with Crippen LogP contribution in [0, 0.1) is 0 Å². The van der Waals surface area contributed by atoms with Gasteiger partial charge in [-0.3, -0.25) is 0 Å². The second-order valence-corrected chi connectivity index (χ2v) is 6.68. The molecule has 2 N–H and O–H groups in total. The van der Waals surface area contributed by atoms with Gasteiger partial charge in [-0.25, -0.2) is 8.42 Å². The van der Waals surface area contributed by atoms with Crippen LogP contribution in [0.1, 0.15) is 12.5 Å². The zero-order valence-corrected chi connectivity index (χ0v) is 11.4. The molecule has 1 aromatic rings. The molecule has 1 aromatic carbocycles. The van der Waals surface area contributed by atoms with Gasteiger partial charge < -0.3 is 10.4 Å². The highest BCUT2D eigenvalue weighted by atomic mass is 32.2. The molecule has 0 spiro atoms. The van der Waals surface area contributed by atoms with E-state index in [2.05, 4.69) is 5.32 Å². The molecular weight excluding hydrogens is 252 g/mol. The summed E-state index contributed by atoms with van der Waals surface area (Å²) in [6.45, 7) is 2.51. The Morgan fingerprint density at radius 2 is 2.22 bits per heavy atom. The maximum atomic E-state index is 12.3. The molecule has 2 rings (SSSR count). The number of sulfonamides is 1. The summed E-state index contributed by atoms with van der Waals surface area (Å²) < 4.78 is 25.7. The molecule has 0 fully saturated rings. The quantitative estimate of drug-likeness (QED) is 0.843. The van der Waals surface area contributed by atoms with Crippen molar-refractivity contribution in [2.24, 2.45) is 0 Å². The average molecular weight is 270 g/mol. The monoisotopic (exact) mass is 270 g/mol. The summed E-state index contributed by atoms with van der Waals surface area (Å²) in [5, 5.41) is 12.4. The Balaban J connectivity index is 2.30. The Bertz CT molecular complexity index is 540. The molecular formula is C12H18N2O3S. The van der Waals surface area contributed by atoms with Crippen LogP contribution >= 0.6 is 0 Å². The summed E-state index contributed by atoms with van der Waals surface area (Å²) in [7, 11) is -2.05. The van der Waals surface area contributed by atoms with E-state index in [1.165, 1.54) is 11.4 Å². The van der Waals surface area contributed by atoms with Crippen molar-refractivity contribution >= 4 is 15.7 Å². The standard InChI is InChI=1S/C12H18N2O3S/c1-9(15)8-14(2)18(16,17)11-4-3-10-5-6-13-12(10)7-11/h3-4,7,9,13,15H,5-6,8H2,1-2H3. The molecule has 0 aliphatic carbocycles. The minimum absolute atomic E-state index is 0.0901. The van der Waals surface area contributed by atoms with Gasteiger partial charge in [0.15, 0.2) is 0 Å². The molecule has 0 radical (unpaired) electrons. The zero-order chi connectivity index (χ0) is 13.3. The van der Waals surface area contributed by atoms with E-state index < -0.39 is 16.1 Å². The first-order valence-corrected chi connectivity index (χ1v) is 7.36. The number of anilines is 1. The fraction of sp³-hybridized carbons (Fsp3) is 0.500. The molecule has 1 unspecified atom stereocenters. The number of hydrogen-bond donors (Lipinski definition) is 2. The molecule has 5 nitrogen and oxygen atoms in total. The number of nitrogens with zero attached hydrogens (tertiary/aromatic N) is 1. The topological polar surface area (TPSA) is 69.6 Å².